The number of carbonyl (C=O) groups excluding carboxylic acids is 1. The van der Waals surface area contributed by atoms with Crippen LogP contribution in [0.25, 0.3) is 0 Å². The van der Waals surface area contributed by atoms with Crippen LogP contribution in [0.2, 0.25) is 5.02 Å². The number of hydrogen-bond acceptors (Lipinski definition) is 5. The Kier molecular flexibility index (Phi) is 7.33. The van der Waals surface area contributed by atoms with Crippen molar-refractivity contribution in [3.05, 3.63) is 53.6 Å². The van der Waals surface area contributed by atoms with Crippen LogP contribution in [0.5, 0.6) is 5.75 Å². The van der Waals surface area contributed by atoms with Gasteiger partial charge in [-0.25, -0.2) is 13.8 Å². The van der Waals surface area contributed by atoms with E-state index in [1.165, 1.54) is 19.2 Å². The van der Waals surface area contributed by atoms with Crippen LogP contribution in [-0.4, -0.2) is 33.7 Å². The van der Waals surface area contributed by atoms with Gasteiger partial charge in [0.05, 0.1) is 17.7 Å². The topological polar surface area (TPSA) is 88.1 Å². The molecule has 0 aromatic heterocycles. The second-order valence-electron chi connectivity index (χ2n) is 6.94. The average molecular weight is 450 g/mol. The number of amides is 1. The first kappa shape index (κ1) is 22.1. The van der Waals surface area contributed by atoms with Crippen molar-refractivity contribution in [3.63, 3.8) is 0 Å². The molecule has 0 radical (unpaired) electrons. The van der Waals surface area contributed by atoms with E-state index in [2.05, 4.69) is 10.5 Å². The molecule has 30 heavy (non-hydrogen) atoms. The maximum absolute atomic E-state index is 13.3. The van der Waals surface area contributed by atoms with Crippen molar-refractivity contribution in [2.45, 2.75) is 37.0 Å². The van der Waals surface area contributed by atoms with Crippen molar-refractivity contribution in [2.24, 2.45) is 5.10 Å². The van der Waals surface area contributed by atoms with E-state index < -0.39 is 22.5 Å². The van der Waals surface area contributed by atoms with Crippen LogP contribution in [0.15, 0.2) is 58.5 Å². The molecular weight excluding hydrogens is 426 g/mol. The highest BCUT2D eigenvalue weighted by Gasteiger charge is 2.27. The van der Waals surface area contributed by atoms with Crippen LogP contribution < -0.4 is 14.5 Å². The molecule has 1 aliphatic carbocycles. The highest BCUT2D eigenvalue weighted by atomic mass is 35.5. The van der Waals surface area contributed by atoms with E-state index in [1.54, 1.807) is 36.4 Å². The maximum atomic E-state index is 13.3. The highest BCUT2D eigenvalue weighted by Crippen LogP contribution is 2.26. The van der Waals surface area contributed by atoms with E-state index in [0.29, 0.717) is 16.5 Å². The van der Waals surface area contributed by atoms with Gasteiger partial charge in [-0.2, -0.15) is 5.10 Å². The zero-order chi connectivity index (χ0) is 21.6. The summed E-state index contributed by atoms with van der Waals surface area (Å²) in [5.74, 6) is 0.0214. The first-order valence-corrected chi connectivity index (χ1v) is 11.5. The summed E-state index contributed by atoms with van der Waals surface area (Å²) < 4.78 is 32.7. The minimum atomic E-state index is -4.00. The van der Waals surface area contributed by atoms with Gasteiger partial charge in [0.15, 0.2) is 0 Å². The van der Waals surface area contributed by atoms with Crippen molar-refractivity contribution in [3.8, 4) is 5.75 Å². The summed E-state index contributed by atoms with van der Waals surface area (Å²) in [5.41, 5.74) is 3.77. The fourth-order valence-corrected chi connectivity index (χ4v) is 4.72. The van der Waals surface area contributed by atoms with Crippen LogP contribution in [0.1, 0.15) is 32.1 Å². The summed E-state index contributed by atoms with van der Waals surface area (Å²) in [6, 6.07) is 12.3. The lowest BCUT2D eigenvalue weighted by Crippen LogP contribution is -2.39. The Morgan fingerprint density at radius 3 is 2.30 bits per heavy atom. The molecule has 2 aromatic carbocycles. The van der Waals surface area contributed by atoms with Gasteiger partial charge < -0.3 is 4.74 Å². The minimum Gasteiger partial charge on any atom is -0.497 e. The lowest BCUT2D eigenvalue weighted by atomic mass is 9.99. The molecule has 0 bridgehead atoms. The molecule has 0 unspecified atom stereocenters. The molecule has 3 rings (SSSR count). The lowest BCUT2D eigenvalue weighted by molar-refractivity contribution is -0.119. The predicted molar refractivity (Wildman–Crippen MR) is 118 cm³/mol. The number of carbonyl (C=O) groups is 1. The Morgan fingerprint density at radius 2 is 1.70 bits per heavy atom. The molecule has 1 amide bonds. The Bertz CT molecular complexity index is 998. The number of halogens is 1. The van der Waals surface area contributed by atoms with E-state index in [9.17, 15) is 13.2 Å². The highest BCUT2D eigenvalue weighted by molar-refractivity contribution is 7.92. The Labute approximate surface area is 181 Å². The molecule has 160 valence electrons. The predicted octanol–water partition coefficient (Wildman–Crippen LogP) is 3.98. The van der Waals surface area contributed by atoms with Gasteiger partial charge in [-0.15, -0.1) is 0 Å². The van der Waals surface area contributed by atoms with Crippen molar-refractivity contribution >= 4 is 38.9 Å². The smallest absolute Gasteiger partial charge is 0.264 e. The SMILES string of the molecule is COc1ccc(S(=O)(=O)N(CC(=O)NN=C2CCCCC2)c2ccc(Cl)cc2)cc1. The number of benzene rings is 2. The number of rotatable bonds is 7. The zero-order valence-corrected chi connectivity index (χ0v) is 18.2. The normalized spacial score (nSPS) is 14.1. The fraction of sp³-hybridized carbons (Fsp3) is 0.333. The number of nitrogens with zero attached hydrogens (tertiary/aromatic N) is 2. The number of sulfonamides is 1. The van der Waals surface area contributed by atoms with E-state index in [4.69, 9.17) is 16.3 Å². The summed E-state index contributed by atoms with van der Waals surface area (Å²) in [7, 11) is -2.50. The third kappa shape index (κ3) is 5.52. The summed E-state index contributed by atoms with van der Waals surface area (Å²) in [4.78, 5) is 12.6. The van der Waals surface area contributed by atoms with Crippen LogP contribution in [0.4, 0.5) is 5.69 Å². The van der Waals surface area contributed by atoms with Crippen molar-refractivity contribution < 1.29 is 17.9 Å². The molecule has 7 nitrogen and oxygen atoms in total. The molecule has 0 saturated heterocycles. The molecule has 1 aliphatic rings. The van der Waals surface area contributed by atoms with E-state index in [1.807, 2.05) is 0 Å². The molecular formula is C21H24ClN3O4S. The van der Waals surface area contributed by atoms with E-state index in [0.717, 1.165) is 42.1 Å². The molecule has 1 saturated carbocycles. The van der Waals surface area contributed by atoms with E-state index >= 15 is 0 Å². The van der Waals surface area contributed by atoms with Crippen molar-refractivity contribution in [2.75, 3.05) is 18.0 Å². The molecule has 0 aliphatic heterocycles. The second kappa shape index (κ2) is 9.95. The third-order valence-electron chi connectivity index (χ3n) is 4.82. The third-order valence-corrected chi connectivity index (χ3v) is 6.86. The summed E-state index contributed by atoms with van der Waals surface area (Å²) >= 11 is 5.94. The number of hydrogen-bond donors (Lipinski definition) is 1. The average Bonchev–Trinajstić information content (AvgIpc) is 2.77. The quantitative estimate of drug-likeness (QED) is 0.647. The number of ether oxygens (including phenoxy) is 1. The number of methoxy groups -OCH3 is 1. The largest absolute Gasteiger partial charge is 0.497 e. The Hall–Kier alpha value is -2.58. The molecule has 0 spiro atoms. The van der Waals surface area contributed by atoms with Crippen LogP contribution >= 0.6 is 11.6 Å². The number of hydrazone groups is 1. The molecule has 0 atom stereocenters. The van der Waals surface area contributed by atoms with Crippen molar-refractivity contribution in [1.82, 2.24) is 5.43 Å². The second-order valence-corrected chi connectivity index (χ2v) is 9.24. The zero-order valence-electron chi connectivity index (χ0n) is 16.7. The van der Waals surface area contributed by atoms with Gasteiger partial charge in [0.1, 0.15) is 12.3 Å². The molecule has 0 heterocycles. The van der Waals surface area contributed by atoms with Gasteiger partial charge in [-0.3, -0.25) is 9.10 Å². The maximum Gasteiger partial charge on any atom is 0.264 e. The van der Waals surface area contributed by atoms with Gasteiger partial charge in [-0.1, -0.05) is 18.0 Å². The summed E-state index contributed by atoms with van der Waals surface area (Å²) in [6.45, 7) is -0.410. The van der Waals surface area contributed by atoms with Gasteiger partial charge in [0.2, 0.25) is 0 Å². The number of anilines is 1. The standard InChI is InChI=1S/C21H24ClN3O4S/c1-29-19-11-13-20(14-12-19)30(27,28)25(18-9-7-16(22)8-10-18)15-21(26)24-23-17-5-3-2-4-6-17/h7-14H,2-6,15H2,1H3,(H,24,26). The summed E-state index contributed by atoms with van der Waals surface area (Å²) in [5, 5.41) is 4.65. The van der Waals surface area contributed by atoms with Crippen LogP contribution in [0.3, 0.4) is 0 Å². The fourth-order valence-electron chi connectivity index (χ4n) is 3.18. The van der Waals surface area contributed by atoms with Crippen molar-refractivity contribution in [1.29, 1.82) is 0 Å². The van der Waals surface area contributed by atoms with Crippen LogP contribution in [-0.2, 0) is 14.8 Å². The lowest BCUT2D eigenvalue weighted by Gasteiger charge is -2.24. The van der Waals surface area contributed by atoms with E-state index in [-0.39, 0.29) is 4.90 Å². The monoisotopic (exact) mass is 449 g/mol. The number of nitrogens with one attached hydrogen (secondary N) is 1. The molecule has 2 aromatic rings. The Morgan fingerprint density at radius 1 is 1.07 bits per heavy atom. The molecule has 1 fully saturated rings. The van der Waals surface area contributed by atoms with Gasteiger partial charge >= 0.3 is 0 Å². The van der Waals surface area contributed by atoms with Gasteiger partial charge in [0.25, 0.3) is 15.9 Å². The molecule has 9 heteroatoms. The first-order chi connectivity index (χ1) is 14.4. The minimum absolute atomic E-state index is 0.0460. The first-order valence-electron chi connectivity index (χ1n) is 9.67. The van der Waals surface area contributed by atoms with Crippen LogP contribution in [0, 0.1) is 0 Å². The summed E-state index contributed by atoms with van der Waals surface area (Å²) in [6.07, 6.45) is 4.98. The van der Waals surface area contributed by atoms with Gasteiger partial charge in [-0.05, 0) is 74.2 Å². The Balaban J connectivity index is 1.86. The van der Waals surface area contributed by atoms with Gasteiger partial charge in [0, 0.05) is 10.7 Å². The molecule has 1 N–H and O–H groups in total.